The van der Waals surface area contributed by atoms with Gasteiger partial charge in [0.25, 0.3) is 0 Å². The van der Waals surface area contributed by atoms with Gasteiger partial charge in [0.2, 0.25) is 5.91 Å². The summed E-state index contributed by atoms with van der Waals surface area (Å²) in [5.74, 6) is -0.00284. The van der Waals surface area contributed by atoms with Crippen LogP contribution in [0.25, 0.3) is 11.0 Å². The Kier molecular flexibility index (Phi) is 4.84. The van der Waals surface area contributed by atoms with Gasteiger partial charge in [0.15, 0.2) is 0 Å². The summed E-state index contributed by atoms with van der Waals surface area (Å²) in [7, 11) is 0. The summed E-state index contributed by atoms with van der Waals surface area (Å²) >= 11 is 0. The van der Waals surface area contributed by atoms with Crippen LogP contribution in [0.15, 0.2) is 53.3 Å². The molecule has 1 N–H and O–H groups in total. The largest absolute Gasteiger partial charge is 0.349 e. The number of carbonyl (C=O) groups is 1. The van der Waals surface area contributed by atoms with Crippen LogP contribution in [0.2, 0.25) is 0 Å². The first-order chi connectivity index (χ1) is 13.2. The molecule has 0 fully saturated rings. The number of nitrogens with zero attached hydrogens (tertiary/aromatic N) is 2. The first kappa shape index (κ1) is 17.6. The topological polar surface area (TPSA) is 56.0 Å². The molecule has 0 radical (unpaired) electrons. The Balaban J connectivity index is 1.49. The Labute approximate surface area is 158 Å². The number of imidazole rings is 1. The molecule has 4 rings (SSSR count). The third-order valence-electron chi connectivity index (χ3n) is 5.51. The van der Waals surface area contributed by atoms with Gasteiger partial charge in [0.05, 0.1) is 17.1 Å². The van der Waals surface area contributed by atoms with Crippen LogP contribution >= 0.6 is 0 Å². The van der Waals surface area contributed by atoms with E-state index in [2.05, 4.69) is 23.5 Å². The highest BCUT2D eigenvalue weighted by molar-refractivity contribution is 5.78. The van der Waals surface area contributed by atoms with Crippen molar-refractivity contribution in [2.45, 2.75) is 51.7 Å². The van der Waals surface area contributed by atoms with Crippen LogP contribution in [0.4, 0.5) is 0 Å². The molecule has 2 aromatic carbocycles. The van der Waals surface area contributed by atoms with Crippen molar-refractivity contribution >= 4 is 16.9 Å². The van der Waals surface area contributed by atoms with E-state index in [0.29, 0.717) is 19.5 Å². The SMILES string of the molecule is CCn1c(=O)n(CCC(=O)NC2CCCc3ccccc32)c2ccccc21. The maximum Gasteiger partial charge on any atom is 0.329 e. The van der Waals surface area contributed by atoms with E-state index in [9.17, 15) is 9.59 Å². The summed E-state index contributed by atoms with van der Waals surface area (Å²) in [4.78, 5) is 25.3. The minimum Gasteiger partial charge on any atom is -0.349 e. The standard InChI is InChI=1S/C22H25N3O2/c1-2-24-19-12-5-6-13-20(19)25(22(24)27)15-14-21(26)23-18-11-7-9-16-8-3-4-10-17(16)18/h3-6,8,10,12-13,18H,2,7,9,11,14-15H2,1H3,(H,23,26). The number of fused-ring (bicyclic) bond motifs is 2. The van der Waals surface area contributed by atoms with Crippen LogP contribution in [0.1, 0.15) is 43.4 Å². The smallest absolute Gasteiger partial charge is 0.329 e. The lowest BCUT2D eigenvalue weighted by atomic mass is 9.88. The van der Waals surface area contributed by atoms with Gasteiger partial charge in [-0.25, -0.2) is 4.79 Å². The van der Waals surface area contributed by atoms with E-state index in [-0.39, 0.29) is 17.6 Å². The molecular formula is C22H25N3O2. The highest BCUT2D eigenvalue weighted by Gasteiger charge is 2.21. The Hall–Kier alpha value is -2.82. The van der Waals surface area contributed by atoms with Crippen molar-refractivity contribution in [1.29, 1.82) is 0 Å². The number of para-hydroxylation sites is 2. The van der Waals surface area contributed by atoms with Crippen LogP contribution in [0.5, 0.6) is 0 Å². The van der Waals surface area contributed by atoms with Crippen molar-refractivity contribution < 1.29 is 4.79 Å². The highest BCUT2D eigenvalue weighted by atomic mass is 16.2. The average Bonchev–Trinajstić information content (AvgIpc) is 2.97. The molecule has 1 aliphatic rings. The summed E-state index contributed by atoms with van der Waals surface area (Å²) < 4.78 is 3.47. The summed E-state index contributed by atoms with van der Waals surface area (Å²) in [6.07, 6.45) is 3.44. The van der Waals surface area contributed by atoms with E-state index >= 15 is 0 Å². The molecule has 5 nitrogen and oxygen atoms in total. The molecule has 0 aliphatic heterocycles. The van der Waals surface area contributed by atoms with Gasteiger partial charge in [0.1, 0.15) is 0 Å². The Bertz CT molecular complexity index is 1030. The molecule has 1 amide bonds. The summed E-state index contributed by atoms with van der Waals surface area (Å²) in [6.45, 7) is 2.98. The predicted molar refractivity (Wildman–Crippen MR) is 107 cm³/mol. The molecule has 140 valence electrons. The van der Waals surface area contributed by atoms with Crippen LogP contribution < -0.4 is 11.0 Å². The number of benzene rings is 2. The number of aromatic nitrogens is 2. The van der Waals surface area contributed by atoms with Gasteiger partial charge < -0.3 is 5.32 Å². The Morgan fingerprint density at radius 1 is 1.07 bits per heavy atom. The number of hydrogen-bond acceptors (Lipinski definition) is 2. The second-order valence-corrected chi connectivity index (χ2v) is 7.13. The molecule has 0 saturated heterocycles. The van der Waals surface area contributed by atoms with Crippen LogP contribution in [-0.4, -0.2) is 15.0 Å². The molecule has 1 aliphatic carbocycles. The third-order valence-corrected chi connectivity index (χ3v) is 5.51. The quantitative estimate of drug-likeness (QED) is 0.755. The molecule has 1 heterocycles. The zero-order valence-corrected chi connectivity index (χ0v) is 15.6. The van der Waals surface area contributed by atoms with Gasteiger partial charge in [-0.2, -0.15) is 0 Å². The summed E-state index contributed by atoms with van der Waals surface area (Å²) in [5, 5.41) is 3.17. The van der Waals surface area contributed by atoms with Crippen LogP contribution in [-0.2, 0) is 24.3 Å². The van der Waals surface area contributed by atoms with Gasteiger partial charge >= 0.3 is 5.69 Å². The van der Waals surface area contributed by atoms with Crippen molar-refractivity contribution in [3.05, 3.63) is 70.1 Å². The van der Waals surface area contributed by atoms with E-state index in [4.69, 9.17) is 0 Å². The zero-order valence-electron chi connectivity index (χ0n) is 15.6. The average molecular weight is 363 g/mol. The minimum absolute atomic E-state index is 0.00284. The molecule has 0 saturated carbocycles. The maximum absolute atomic E-state index is 12.7. The summed E-state index contributed by atoms with van der Waals surface area (Å²) in [5.41, 5.74) is 4.33. The normalized spacial score (nSPS) is 16.3. The molecular weight excluding hydrogens is 338 g/mol. The van der Waals surface area contributed by atoms with E-state index in [0.717, 1.165) is 30.3 Å². The number of rotatable bonds is 5. The fourth-order valence-electron chi connectivity index (χ4n) is 4.18. The van der Waals surface area contributed by atoms with Gasteiger partial charge in [-0.1, -0.05) is 36.4 Å². The van der Waals surface area contributed by atoms with E-state index in [1.807, 2.05) is 37.3 Å². The first-order valence-corrected chi connectivity index (χ1v) is 9.74. The third kappa shape index (κ3) is 3.29. The number of nitrogens with one attached hydrogen (secondary N) is 1. The second kappa shape index (κ2) is 7.43. The molecule has 1 unspecified atom stereocenters. The molecule has 0 spiro atoms. The van der Waals surface area contributed by atoms with Gasteiger partial charge in [-0.3, -0.25) is 13.9 Å². The molecule has 1 atom stereocenters. The molecule has 5 heteroatoms. The van der Waals surface area contributed by atoms with Crippen molar-refractivity contribution in [3.8, 4) is 0 Å². The number of aryl methyl sites for hydroxylation is 3. The Morgan fingerprint density at radius 3 is 2.56 bits per heavy atom. The van der Waals surface area contributed by atoms with Gasteiger partial charge in [-0.05, 0) is 49.4 Å². The number of amides is 1. The molecule has 0 bridgehead atoms. The number of carbonyl (C=O) groups excluding carboxylic acids is 1. The lowest BCUT2D eigenvalue weighted by molar-refractivity contribution is -0.122. The van der Waals surface area contributed by atoms with E-state index in [1.165, 1.54) is 11.1 Å². The second-order valence-electron chi connectivity index (χ2n) is 7.13. The van der Waals surface area contributed by atoms with Crippen LogP contribution in [0.3, 0.4) is 0 Å². The van der Waals surface area contributed by atoms with Crippen molar-refractivity contribution in [1.82, 2.24) is 14.5 Å². The fraction of sp³-hybridized carbons (Fsp3) is 0.364. The lowest BCUT2D eigenvalue weighted by Crippen LogP contribution is -2.32. The highest BCUT2D eigenvalue weighted by Crippen LogP contribution is 2.29. The molecule has 27 heavy (non-hydrogen) atoms. The van der Waals surface area contributed by atoms with Crippen LogP contribution in [0, 0.1) is 0 Å². The Morgan fingerprint density at radius 2 is 1.78 bits per heavy atom. The number of hydrogen-bond donors (Lipinski definition) is 1. The molecule has 3 aromatic rings. The van der Waals surface area contributed by atoms with Crippen molar-refractivity contribution in [3.63, 3.8) is 0 Å². The lowest BCUT2D eigenvalue weighted by Gasteiger charge is -2.26. The van der Waals surface area contributed by atoms with Crippen molar-refractivity contribution in [2.24, 2.45) is 0 Å². The minimum atomic E-state index is -0.0467. The van der Waals surface area contributed by atoms with Gasteiger partial charge in [0, 0.05) is 19.5 Å². The van der Waals surface area contributed by atoms with Gasteiger partial charge in [-0.15, -0.1) is 0 Å². The zero-order chi connectivity index (χ0) is 18.8. The van der Waals surface area contributed by atoms with Crippen molar-refractivity contribution in [2.75, 3.05) is 0 Å². The monoisotopic (exact) mass is 363 g/mol. The summed E-state index contributed by atoms with van der Waals surface area (Å²) in [6, 6.07) is 16.2. The van der Waals surface area contributed by atoms with E-state index < -0.39 is 0 Å². The van der Waals surface area contributed by atoms with E-state index in [1.54, 1.807) is 9.13 Å². The maximum atomic E-state index is 12.7. The fourth-order valence-corrected chi connectivity index (χ4v) is 4.18. The molecule has 1 aromatic heterocycles. The first-order valence-electron chi connectivity index (χ1n) is 9.74. The predicted octanol–water partition coefficient (Wildman–Crippen LogP) is 3.41.